The summed E-state index contributed by atoms with van der Waals surface area (Å²) >= 11 is 0. The molecule has 0 saturated carbocycles. The maximum absolute atomic E-state index is 11.9. The van der Waals surface area contributed by atoms with Gasteiger partial charge in [0.15, 0.2) is 6.23 Å². The fourth-order valence-corrected chi connectivity index (χ4v) is 2.48. The third kappa shape index (κ3) is 6.49. The largest absolute Gasteiger partial charge is 0.471 e. The van der Waals surface area contributed by atoms with Gasteiger partial charge in [0.25, 0.3) is 0 Å². The van der Waals surface area contributed by atoms with Crippen LogP contribution in [0.2, 0.25) is 0 Å². The number of aryl methyl sites for hydroxylation is 1. The topological polar surface area (TPSA) is 50.4 Å². The van der Waals surface area contributed by atoms with Crippen LogP contribution in [0.25, 0.3) is 0 Å². The number of carbonyl (C=O) groups is 1. The highest BCUT2D eigenvalue weighted by Gasteiger charge is 2.08. The molecule has 2 aromatic carbocycles. The zero-order valence-corrected chi connectivity index (χ0v) is 15.5. The summed E-state index contributed by atoms with van der Waals surface area (Å²) in [6, 6.07) is 16.1. The molecule has 25 heavy (non-hydrogen) atoms. The SMILES string of the molecule is Cc1ccc(CCNC(=O)NC(C)Oc2ccc(C(C)C)cc2)cc1. The summed E-state index contributed by atoms with van der Waals surface area (Å²) in [5.41, 5.74) is 3.71. The quantitative estimate of drug-likeness (QED) is 0.735. The molecular weight excluding hydrogens is 312 g/mol. The molecule has 1 atom stereocenters. The van der Waals surface area contributed by atoms with E-state index in [2.05, 4.69) is 55.7 Å². The van der Waals surface area contributed by atoms with Gasteiger partial charge in [0.1, 0.15) is 5.75 Å². The van der Waals surface area contributed by atoms with Gasteiger partial charge in [0, 0.05) is 6.54 Å². The normalized spacial score (nSPS) is 11.9. The van der Waals surface area contributed by atoms with Gasteiger partial charge in [-0.1, -0.05) is 55.8 Å². The molecule has 0 aromatic heterocycles. The number of rotatable bonds is 7. The monoisotopic (exact) mass is 340 g/mol. The lowest BCUT2D eigenvalue weighted by molar-refractivity contribution is 0.177. The van der Waals surface area contributed by atoms with Gasteiger partial charge >= 0.3 is 6.03 Å². The van der Waals surface area contributed by atoms with Crippen LogP contribution < -0.4 is 15.4 Å². The first kappa shape index (κ1) is 18.8. The first-order valence-corrected chi connectivity index (χ1v) is 8.80. The van der Waals surface area contributed by atoms with Crippen molar-refractivity contribution in [2.45, 2.75) is 46.3 Å². The molecule has 1 unspecified atom stereocenters. The predicted molar refractivity (Wildman–Crippen MR) is 102 cm³/mol. The molecule has 0 aliphatic heterocycles. The second kappa shape index (κ2) is 9.11. The zero-order chi connectivity index (χ0) is 18.2. The van der Waals surface area contributed by atoms with Gasteiger partial charge in [0.05, 0.1) is 0 Å². The Labute approximate surface area is 150 Å². The van der Waals surface area contributed by atoms with Crippen LogP contribution in [0.4, 0.5) is 4.79 Å². The molecular formula is C21H28N2O2. The Morgan fingerprint density at radius 2 is 1.64 bits per heavy atom. The van der Waals surface area contributed by atoms with E-state index in [9.17, 15) is 4.79 Å². The van der Waals surface area contributed by atoms with E-state index in [4.69, 9.17) is 4.74 Å². The van der Waals surface area contributed by atoms with Crippen LogP contribution >= 0.6 is 0 Å². The van der Waals surface area contributed by atoms with Crippen molar-refractivity contribution in [1.82, 2.24) is 10.6 Å². The van der Waals surface area contributed by atoms with E-state index in [1.165, 1.54) is 16.7 Å². The number of carbonyl (C=O) groups excluding carboxylic acids is 1. The first-order chi connectivity index (χ1) is 11.9. The molecule has 4 nitrogen and oxygen atoms in total. The molecule has 2 rings (SSSR count). The van der Waals surface area contributed by atoms with E-state index in [-0.39, 0.29) is 6.03 Å². The number of urea groups is 1. The molecule has 0 bridgehead atoms. The summed E-state index contributed by atoms with van der Waals surface area (Å²) in [7, 11) is 0. The van der Waals surface area contributed by atoms with Gasteiger partial charge in [-0.3, -0.25) is 0 Å². The Morgan fingerprint density at radius 1 is 1.00 bits per heavy atom. The minimum Gasteiger partial charge on any atom is -0.471 e. The fraction of sp³-hybridized carbons (Fsp3) is 0.381. The van der Waals surface area contributed by atoms with Crippen LogP contribution in [-0.2, 0) is 6.42 Å². The highest BCUT2D eigenvalue weighted by molar-refractivity contribution is 5.74. The molecule has 0 saturated heterocycles. The molecule has 0 aliphatic carbocycles. The third-order valence-electron chi connectivity index (χ3n) is 4.01. The minimum atomic E-state index is -0.399. The Kier molecular flexibility index (Phi) is 6.87. The van der Waals surface area contributed by atoms with Crippen molar-refractivity contribution in [1.29, 1.82) is 0 Å². The second-order valence-corrected chi connectivity index (χ2v) is 6.62. The zero-order valence-electron chi connectivity index (χ0n) is 15.5. The molecule has 0 aliphatic rings. The average Bonchev–Trinajstić information content (AvgIpc) is 2.57. The standard InChI is InChI=1S/C21H28N2O2/c1-15(2)19-9-11-20(12-10-19)25-17(4)23-21(24)22-14-13-18-7-5-16(3)6-8-18/h5-12,15,17H,13-14H2,1-4H3,(H2,22,23,24). The molecule has 0 fully saturated rings. The van der Waals surface area contributed by atoms with Crippen molar-refractivity contribution >= 4 is 6.03 Å². The van der Waals surface area contributed by atoms with E-state index >= 15 is 0 Å². The van der Waals surface area contributed by atoms with Gasteiger partial charge in [-0.15, -0.1) is 0 Å². The van der Waals surface area contributed by atoms with Crippen LogP contribution in [0.1, 0.15) is 43.4 Å². The molecule has 2 N–H and O–H groups in total. The molecule has 134 valence electrons. The Bertz CT molecular complexity index is 663. The van der Waals surface area contributed by atoms with E-state index < -0.39 is 6.23 Å². The van der Waals surface area contributed by atoms with Crippen molar-refractivity contribution in [2.24, 2.45) is 0 Å². The van der Waals surface area contributed by atoms with E-state index in [0.29, 0.717) is 12.5 Å². The predicted octanol–water partition coefficient (Wildman–Crippen LogP) is 4.39. The summed E-state index contributed by atoms with van der Waals surface area (Å²) in [5.74, 6) is 1.24. The van der Waals surface area contributed by atoms with Crippen LogP contribution in [-0.4, -0.2) is 18.8 Å². The van der Waals surface area contributed by atoms with E-state index in [1.54, 1.807) is 0 Å². The average molecular weight is 340 g/mol. The van der Waals surface area contributed by atoms with Gasteiger partial charge in [0.2, 0.25) is 0 Å². The van der Waals surface area contributed by atoms with Gasteiger partial charge in [-0.05, 0) is 49.4 Å². The van der Waals surface area contributed by atoms with Crippen molar-refractivity contribution in [3.63, 3.8) is 0 Å². The van der Waals surface area contributed by atoms with E-state index in [0.717, 1.165) is 12.2 Å². The van der Waals surface area contributed by atoms with Crippen LogP contribution in [0.5, 0.6) is 5.75 Å². The third-order valence-corrected chi connectivity index (χ3v) is 4.01. The highest BCUT2D eigenvalue weighted by atomic mass is 16.5. The molecule has 0 radical (unpaired) electrons. The van der Waals surface area contributed by atoms with E-state index in [1.807, 2.05) is 31.2 Å². The maximum Gasteiger partial charge on any atom is 0.317 e. The summed E-state index contributed by atoms with van der Waals surface area (Å²) in [6.45, 7) is 8.77. The number of ether oxygens (including phenoxy) is 1. The summed E-state index contributed by atoms with van der Waals surface area (Å²) in [4.78, 5) is 11.9. The van der Waals surface area contributed by atoms with Gasteiger partial charge in [-0.25, -0.2) is 4.79 Å². The maximum atomic E-state index is 11.9. The van der Waals surface area contributed by atoms with Crippen molar-refractivity contribution in [3.8, 4) is 5.75 Å². The minimum absolute atomic E-state index is 0.224. The van der Waals surface area contributed by atoms with Gasteiger partial charge in [-0.2, -0.15) is 0 Å². The van der Waals surface area contributed by atoms with Crippen molar-refractivity contribution in [2.75, 3.05) is 6.54 Å². The number of hydrogen-bond acceptors (Lipinski definition) is 2. The highest BCUT2D eigenvalue weighted by Crippen LogP contribution is 2.19. The Hall–Kier alpha value is -2.49. The van der Waals surface area contributed by atoms with Crippen LogP contribution in [0, 0.1) is 6.92 Å². The van der Waals surface area contributed by atoms with Crippen LogP contribution in [0.3, 0.4) is 0 Å². The van der Waals surface area contributed by atoms with Crippen molar-refractivity contribution < 1.29 is 9.53 Å². The molecule has 2 amide bonds. The number of nitrogens with one attached hydrogen (secondary N) is 2. The Morgan fingerprint density at radius 3 is 2.24 bits per heavy atom. The lowest BCUT2D eigenvalue weighted by Gasteiger charge is -2.17. The summed E-state index contributed by atoms with van der Waals surface area (Å²) in [6.07, 6.45) is 0.406. The number of benzene rings is 2. The van der Waals surface area contributed by atoms with Crippen molar-refractivity contribution in [3.05, 3.63) is 65.2 Å². The molecule has 0 spiro atoms. The number of hydrogen-bond donors (Lipinski definition) is 2. The smallest absolute Gasteiger partial charge is 0.317 e. The lowest BCUT2D eigenvalue weighted by Crippen LogP contribution is -2.43. The second-order valence-electron chi connectivity index (χ2n) is 6.62. The molecule has 2 aromatic rings. The summed E-state index contributed by atoms with van der Waals surface area (Å²) < 4.78 is 5.73. The molecule has 0 heterocycles. The van der Waals surface area contributed by atoms with Gasteiger partial charge < -0.3 is 15.4 Å². The lowest BCUT2D eigenvalue weighted by atomic mass is 10.0. The molecule has 4 heteroatoms. The summed E-state index contributed by atoms with van der Waals surface area (Å²) in [5, 5.41) is 5.65. The first-order valence-electron chi connectivity index (χ1n) is 8.80. The Balaban J connectivity index is 1.71. The number of amides is 2. The fourth-order valence-electron chi connectivity index (χ4n) is 2.48. The van der Waals surface area contributed by atoms with Crippen LogP contribution in [0.15, 0.2) is 48.5 Å².